The summed E-state index contributed by atoms with van der Waals surface area (Å²) in [5.41, 5.74) is -1.06. The van der Waals surface area contributed by atoms with Crippen LogP contribution in [0.1, 0.15) is 20.8 Å². The SMILES string of the molecule is CC(C)(C)S(=O)(=O)CCn1cc(I)c(=O)[nH]c1=O. The molecule has 1 aromatic rings. The summed E-state index contributed by atoms with van der Waals surface area (Å²) in [7, 11) is -3.29. The van der Waals surface area contributed by atoms with Crippen LogP contribution < -0.4 is 11.2 Å². The number of H-pyrrole nitrogens is 1. The van der Waals surface area contributed by atoms with Crippen molar-refractivity contribution in [1.82, 2.24) is 9.55 Å². The molecule has 0 radical (unpaired) electrons. The van der Waals surface area contributed by atoms with E-state index in [1.165, 1.54) is 10.8 Å². The summed E-state index contributed by atoms with van der Waals surface area (Å²) in [6.45, 7) is 4.87. The van der Waals surface area contributed by atoms with Crippen LogP contribution in [0.5, 0.6) is 0 Å². The van der Waals surface area contributed by atoms with Gasteiger partial charge in [-0.2, -0.15) is 0 Å². The number of aromatic amines is 1. The molecule has 0 saturated carbocycles. The fourth-order valence-corrected chi connectivity index (χ4v) is 2.69. The van der Waals surface area contributed by atoms with Crippen LogP contribution in [0.2, 0.25) is 0 Å². The van der Waals surface area contributed by atoms with Crippen molar-refractivity contribution in [3.63, 3.8) is 0 Å². The Kier molecular flexibility index (Phi) is 4.42. The maximum Gasteiger partial charge on any atom is 0.328 e. The van der Waals surface area contributed by atoms with Crippen molar-refractivity contribution in [2.24, 2.45) is 0 Å². The molecule has 0 aliphatic rings. The van der Waals surface area contributed by atoms with Crippen LogP contribution in [-0.2, 0) is 16.4 Å². The lowest BCUT2D eigenvalue weighted by Gasteiger charge is -2.19. The Morgan fingerprint density at radius 2 is 1.89 bits per heavy atom. The molecule has 8 heteroatoms. The molecule has 0 aromatic carbocycles. The summed E-state index contributed by atoms with van der Waals surface area (Å²) in [6.07, 6.45) is 1.36. The number of rotatable bonds is 3. The average Bonchev–Trinajstić information content (AvgIpc) is 2.20. The average molecular weight is 386 g/mol. The van der Waals surface area contributed by atoms with Gasteiger partial charge >= 0.3 is 5.69 Å². The highest BCUT2D eigenvalue weighted by Crippen LogP contribution is 2.15. The van der Waals surface area contributed by atoms with E-state index in [1.807, 2.05) is 0 Å². The molecule has 0 unspecified atom stereocenters. The predicted molar refractivity (Wildman–Crippen MR) is 77.6 cm³/mol. The highest BCUT2D eigenvalue weighted by molar-refractivity contribution is 14.1. The molecule has 6 nitrogen and oxygen atoms in total. The molecule has 1 aromatic heterocycles. The Labute approximate surface area is 118 Å². The summed E-state index contributed by atoms with van der Waals surface area (Å²) < 4.78 is 24.5. The molecule has 0 spiro atoms. The van der Waals surface area contributed by atoms with Gasteiger partial charge in [0.15, 0.2) is 9.84 Å². The first-order valence-corrected chi connectivity index (χ1v) is 7.99. The molecule has 0 saturated heterocycles. The van der Waals surface area contributed by atoms with E-state index in [0.29, 0.717) is 3.57 Å². The zero-order valence-corrected chi connectivity index (χ0v) is 13.3. The van der Waals surface area contributed by atoms with E-state index in [4.69, 9.17) is 0 Å². The third-order valence-corrected chi connectivity index (χ3v) is 5.86. The first kappa shape index (κ1) is 15.4. The van der Waals surface area contributed by atoms with E-state index in [0.717, 1.165) is 0 Å². The summed E-state index contributed by atoms with van der Waals surface area (Å²) in [5, 5.41) is 0. The van der Waals surface area contributed by atoms with E-state index in [1.54, 1.807) is 43.4 Å². The van der Waals surface area contributed by atoms with Crippen molar-refractivity contribution in [2.45, 2.75) is 32.1 Å². The maximum atomic E-state index is 11.9. The van der Waals surface area contributed by atoms with Gasteiger partial charge in [0.2, 0.25) is 0 Å². The van der Waals surface area contributed by atoms with Gasteiger partial charge in [0, 0.05) is 12.7 Å². The van der Waals surface area contributed by atoms with Crippen LogP contribution in [0.3, 0.4) is 0 Å². The van der Waals surface area contributed by atoms with Gasteiger partial charge in [-0.15, -0.1) is 0 Å². The smallest absolute Gasteiger partial charge is 0.299 e. The second kappa shape index (κ2) is 5.16. The molecule has 0 amide bonds. The summed E-state index contributed by atoms with van der Waals surface area (Å²) in [4.78, 5) is 24.8. The number of hydrogen-bond acceptors (Lipinski definition) is 4. The van der Waals surface area contributed by atoms with Gasteiger partial charge in [0.25, 0.3) is 5.56 Å². The fraction of sp³-hybridized carbons (Fsp3) is 0.600. The summed E-state index contributed by atoms with van der Waals surface area (Å²) in [6, 6.07) is 0. The maximum absolute atomic E-state index is 11.9. The summed E-state index contributed by atoms with van der Waals surface area (Å²) >= 11 is 1.79. The number of aryl methyl sites for hydroxylation is 1. The molecule has 1 N–H and O–H groups in total. The van der Waals surface area contributed by atoms with Crippen LogP contribution in [0.4, 0.5) is 0 Å². The minimum Gasteiger partial charge on any atom is -0.299 e. The predicted octanol–water partition coefficient (Wildman–Crippen LogP) is 0.355. The number of aromatic nitrogens is 2. The van der Waals surface area contributed by atoms with Crippen molar-refractivity contribution in [2.75, 3.05) is 5.75 Å². The van der Waals surface area contributed by atoms with Crippen LogP contribution in [0.15, 0.2) is 15.8 Å². The first-order chi connectivity index (χ1) is 8.04. The first-order valence-electron chi connectivity index (χ1n) is 5.26. The van der Waals surface area contributed by atoms with E-state index in [9.17, 15) is 18.0 Å². The van der Waals surface area contributed by atoms with Crippen LogP contribution in [0.25, 0.3) is 0 Å². The van der Waals surface area contributed by atoms with E-state index >= 15 is 0 Å². The fourth-order valence-electron chi connectivity index (χ4n) is 1.17. The minimum absolute atomic E-state index is 0.0330. The molecule has 102 valence electrons. The Morgan fingerprint density at radius 1 is 1.33 bits per heavy atom. The number of nitrogens with one attached hydrogen (secondary N) is 1. The molecular formula is C10H15IN2O4S. The van der Waals surface area contributed by atoms with Crippen LogP contribution >= 0.6 is 22.6 Å². The van der Waals surface area contributed by atoms with Crippen LogP contribution in [-0.4, -0.2) is 28.5 Å². The van der Waals surface area contributed by atoms with E-state index in [-0.39, 0.29) is 12.3 Å². The topological polar surface area (TPSA) is 89.0 Å². The van der Waals surface area contributed by atoms with Crippen LogP contribution in [0, 0.1) is 3.57 Å². The lowest BCUT2D eigenvalue weighted by Crippen LogP contribution is -2.36. The van der Waals surface area contributed by atoms with E-state index < -0.39 is 25.8 Å². The van der Waals surface area contributed by atoms with Crippen molar-refractivity contribution >= 4 is 32.4 Å². The number of sulfone groups is 1. The number of nitrogens with zero attached hydrogens (tertiary/aromatic N) is 1. The van der Waals surface area contributed by atoms with Gasteiger partial charge in [-0.05, 0) is 43.4 Å². The second-order valence-corrected chi connectivity index (χ2v) is 8.89. The van der Waals surface area contributed by atoms with Gasteiger partial charge in [-0.25, -0.2) is 13.2 Å². The lowest BCUT2D eigenvalue weighted by molar-refractivity contribution is 0.551. The molecule has 1 rings (SSSR count). The molecule has 0 aliphatic heterocycles. The number of halogens is 1. The normalized spacial score (nSPS) is 12.7. The molecule has 1 heterocycles. The summed E-state index contributed by atoms with van der Waals surface area (Å²) in [5.74, 6) is -0.140. The van der Waals surface area contributed by atoms with Crippen molar-refractivity contribution in [3.05, 3.63) is 30.6 Å². The Balaban J connectivity index is 2.99. The van der Waals surface area contributed by atoms with Crippen molar-refractivity contribution in [1.29, 1.82) is 0 Å². The van der Waals surface area contributed by atoms with Gasteiger partial charge in [0.05, 0.1) is 14.1 Å². The van der Waals surface area contributed by atoms with Gasteiger partial charge in [0.1, 0.15) is 0 Å². The zero-order valence-electron chi connectivity index (χ0n) is 10.4. The molecule has 18 heavy (non-hydrogen) atoms. The quantitative estimate of drug-likeness (QED) is 0.760. The van der Waals surface area contributed by atoms with Gasteiger partial charge in [-0.1, -0.05) is 0 Å². The Morgan fingerprint density at radius 3 is 2.39 bits per heavy atom. The third-order valence-electron chi connectivity index (χ3n) is 2.50. The van der Waals surface area contributed by atoms with E-state index in [2.05, 4.69) is 4.98 Å². The largest absolute Gasteiger partial charge is 0.328 e. The van der Waals surface area contributed by atoms with Gasteiger partial charge < -0.3 is 0 Å². The standard InChI is InChI=1S/C10H15IN2O4S/c1-10(2,3)18(16,17)5-4-13-6-7(11)8(14)12-9(13)15/h6H,4-5H2,1-3H3,(H,12,14,15). The molecule has 0 atom stereocenters. The van der Waals surface area contributed by atoms with Gasteiger partial charge in [-0.3, -0.25) is 14.3 Å². The molecule has 0 bridgehead atoms. The highest BCUT2D eigenvalue weighted by atomic mass is 127. The Hall–Kier alpha value is -0.640. The lowest BCUT2D eigenvalue weighted by atomic mass is 10.3. The number of hydrogen-bond donors (Lipinski definition) is 1. The highest BCUT2D eigenvalue weighted by Gasteiger charge is 2.28. The van der Waals surface area contributed by atoms with Crippen molar-refractivity contribution in [3.8, 4) is 0 Å². The molecular weight excluding hydrogens is 371 g/mol. The second-order valence-electron chi connectivity index (χ2n) is 4.86. The Bertz CT molecular complexity index is 652. The van der Waals surface area contributed by atoms with Crippen molar-refractivity contribution < 1.29 is 8.42 Å². The molecule has 0 aliphatic carbocycles. The third kappa shape index (κ3) is 3.44. The zero-order chi connectivity index (χ0) is 14.1. The minimum atomic E-state index is -3.29. The molecule has 0 fully saturated rings. The monoisotopic (exact) mass is 386 g/mol.